The van der Waals surface area contributed by atoms with Crippen LogP contribution in [0, 0.1) is 6.92 Å². The van der Waals surface area contributed by atoms with E-state index in [1.165, 1.54) is 7.11 Å². The van der Waals surface area contributed by atoms with Crippen molar-refractivity contribution in [2.24, 2.45) is 7.05 Å². The van der Waals surface area contributed by atoms with Crippen molar-refractivity contribution < 1.29 is 9.53 Å². The Bertz CT molecular complexity index is 278. The Kier molecular flexibility index (Phi) is 1.94. The van der Waals surface area contributed by atoms with E-state index in [0.29, 0.717) is 11.3 Å². The van der Waals surface area contributed by atoms with Crippen molar-refractivity contribution in [2.45, 2.75) is 6.92 Å². The summed E-state index contributed by atoms with van der Waals surface area (Å²) in [7, 11) is 3.12. The first-order valence-corrected chi connectivity index (χ1v) is 3.23. The number of carbonyl (C=O) groups is 1. The van der Waals surface area contributed by atoms with Gasteiger partial charge in [0.15, 0.2) is 0 Å². The van der Waals surface area contributed by atoms with Gasteiger partial charge in [-0.3, -0.25) is 4.68 Å². The Morgan fingerprint density at radius 3 is 2.73 bits per heavy atom. The van der Waals surface area contributed by atoms with Gasteiger partial charge >= 0.3 is 5.97 Å². The van der Waals surface area contributed by atoms with Crippen LogP contribution in [0.15, 0.2) is 6.20 Å². The Labute approximate surface area is 64.8 Å². The quantitative estimate of drug-likeness (QED) is 0.554. The molecule has 0 saturated carbocycles. The molecule has 1 aromatic rings. The van der Waals surface area contributed by atoms with Crippen molar-refractivity contribution >= 4 is 5.97 Å². The van der Waals surface area contributed by atoms with E-state index < -0.39 is 0 Å². The van der Waals surface area contributed by atoms with E-state index >= 15 is 0 Å². The number of rotatable bonds is 1. The first-order valence-electron chi connectivity index (χ1n) is 3.23. The van der Waals surface area contributed by atoms with Crippen LogP contribution in [-0.4, -0.2) is 22.9 Å². The Hall–Kier alpha value is -1.32. The van der Waals surface area contributed by atoms with Gasteiger partial charge in [-0.25, -0.2) is 4.79 Å². The number of esters is 1. The van der Waals surface area contributed by atoms with Crippen molar-refractivity contribution in [3.05, 3.63) is 17.5 Å². The molecule has 0 bridgehead atoms. The summed E-state index contributed by atoms with van der Waals surface area (Å²) >= 11 is 0. The number of hydrogen-bond donors (Lipinski definition) is 0. The lowest BCUT2D eigenvalue weighted by Gasteiger charge is -1.93. The molecule has 0 unspecified atom stereocenters. The second-order valence-corrected chi connectivity index (χ2v) is 2.29. The summed E-state index contributed by atoms with van der Waals surface area (Å²) in [4.78, 5) is 11.0. The summed E-state index contributed by atoms with van der Waals surface area (Å²) in [6.45, 7) is 1.77. The molecule has 0 aromatic carbocycles. The molecular formula is C7H10N2O2. The average Bonchev–Trinajstić information content (AvgIpc) is 2.28. The molecular weight excluding hydrogens is 144 g/mol. The first-order chi connectivity index (χ1) is 5.15. The van der Waals surface area contributed by atoms with Crippen LogP contribution in [-0.2, 0) is 11.8 Å². The molecule has 4 nitrogen and oxygen atoms in total. The highest BCUT2D eigenvalue weighted by atomic mass is 16.5. The maximum absolute atomic E-state index is 11.0. The van der Waals surface area contributed by atoms with E-state index in [2.05, 4.69) is 9.84 Å². The van der Waals surface area contributed by atoms with Crippen LogP contribution in [0.1, 0.15) is 16.1 Å². The van der Waals surface area contributed by atoms with Crippen LogP contribution in [0.3, 0.4) is 0 Å². The fourth-order valence-corrected chi connectivity index (χ4v) is 0.910. The third-order valence-electron chi connectivity index (χ3n) is 1.42. The van der Waals surface area contributed by atoms with Gasteiger partial charge < -0.3 is 4.74 Å². The van der Waals surface area contributed by atoms with Crippen LogP contribution in [0.5, 0.6) is 0 Å². The van der Waals surface area contributed by atoms with Crippen LogP contribution >= 0.6 is 0 Å². The lowest BCUT2D eigenvalue weighted by Crippen LogP contribution is -2.01. The lowest BCUT2D eigenvalue weighted by atomic mass is 10.3. The molecule has 1 heterocycles. The molecule has 60 valence electrons. The van der Waals surface area contributed by atoms with E-state index in [1.54, 1.807) is 24.9 Å². The monoisotopic (exact) mass is 154 g/mol. The summed E-state index contributed by atoms with van der Waals surface area (Å²) in [5, 5.41) is 4.00. The fraction of sp³-hybridized carbons (Fsp3) is 0.429. The highest BCUT2D eigenvalue weighted by Crippen LogP contribution is 2.05. The normalized spacial score (nSPS) is 9.73. The molecule has 0 radical (unpaired) electrons. The van der Waals surface area contributed by atoms with Crippen molar-refractivity contribution in [3.63, 3.8) is 0 Å². The van der Waals surface area contributed by atoms with Gasteiger partial charge in [-0.05, 0) is 6.92 Å². The third kappa shape index (κ3) is 1.39. The topological polar surface area (TPSA) is 44.1 Å². The Balaban J connectivity index is 3.03. The summed E-state index contributed by atoms with van der Waals surface area (Å²) in [5.41, 5.74) is 1.22. The standard InChI is InChI=1S/C7H10N2O2/c1-5-6(7(10)11-3)4-9(2)8-5/h4H,1-3H3. The SMILES string of the molecule is COC(=O)c1cn(C)nc1C. The maximum Gasteiger partial charge on any atom is 0.341 e. The zero-order valence-corrected chi connectivity index (χ0v) is 6.79. The predicted octanol–water partition coefficient (Wildman–Crippen LogP) is 0.515. The molecule has 0 N–H and O–H groups in total. The van der Waals surface area contributed by atoms with Gasteiger partial charge in [0.25, 0.3) is 0 Å². The number of hydrogen-bond acceptors (Lipinski definition) is 3. The smallest absolute Gasteiger partial charge is 0.341 e. The zero-order valence-electron chi connectivity index (χ0n) is 6.79. The van der Waals surface area contributed by atoms with Gasteiger partial charge in [-0.2, -0.15) is 5.10 Å². The van der Waals surface area contributed by atoms with Crippen LogP contribution < -0.4 is 0 Å². The maximum atomic E-state index is 11.0. The van der Waals surface area contributed by atoms with E-state index in [1.807, 2.05) is 0 Å². The highest BCUT2D eigenvalue weighted by Gasteiger charge is 2.11. The van der Waals surface area contributed by atoms with Gasteiger partial charge in [-0.15, -0.1) is 0 Å². The largest absolute Gasteiger partial charge is 0.465 e. The second-order valence-electron chi connectivity index (χ2n) is 2.29. The van der Waals surface area contributed by atoms with Crippen LogP contribution in [0.2, 0.25) is 0 Å². The molecule has 0 aliphatic carbocycles. The molecule has 0 saturated heterocycles. The number of nitrogens with zero attached hydrogens (tertiary/aromatic N) is 2. The predicted molar refractivity (Wildman–Crippen MR) is 39.3 cm³/mol. The fourth-order valence-electron chi connectivity index (χ4n) is 0.910. The van der Waals surface area contributed by atoms with E-state index in [9.17, 15) is 4.79 Å². The number of carbonyl (C=O) groups excluding carboxylic acids is 1. The average molecular weight is 154 g/mol. The van der Waals surface area contributed by atoms with Crippen molar-refractivity contribution in [3.8, 4) is 0 Å². The van der Waals surface area contributed by atoms with E-state index in [-0.39, 0.29) is 5.97 Å². The van der Waals surface area contributed by atoms with Gasteiger partial charge in [0, 0.05) is 13.2 Å². The van der Waals surface area contributed by atoms with Gasteiger partial charge in [0.2, 0.25) is 0 Å². The minimum Gasteiger partial charge on any atom is -0.465 e. The second kappa shape index (κ2) is 2.74. The molecule has 0 aliphatic heterocycles. The molecule has 0 fully saturated rings. The third-order valence-corrected chi connectivity index (χ3v) is 1.42. The summed E-state index contributed by atoms with van der Waals surface area (Å²) in [5.74, 6) is -0.337. The van der Waals surface area contributed by atoms with E-state index in [4.69, 9.17) is 0 Å². The summed E-state index contributed by atoms with van der Waals surface area (Å²) in [6.07, 6.45) is 1.64. The van der Waals surface area contributed by atoms with Gasteiger partial charge in [0.05, 0.1) is 12.8 Å². The van der Waals surface area contributed by atoms with Crippen LogP contribution in [0.25, 0.3) is 0 Å². The Morgan fingerprint density at radius 2 is 2.36 bits per heavy atom. The molecule has 0 amide bonds. The number of methoxy groups -OCH3 is 1. The molecule has 1 aromatic heterocycles. The first kappa shape index (κ1) is 7.78. The number of aryl methyl sites for hydroxylation is 2. The molecule has 0 spiro atoms. The van der Waals surface area contributed by atoms with Gasteiger partial charge in [0.1, 0.15) is 5.56 Å². The van der Waals surface area contributed by atoms with Crippen LogP contribution in [0.4, 0.5) is 0 Å². The highest BCUT2D eigenvalue weighted by molar-refractivity contribution is 5.90. The van der Waals surface area contributed by atoms with Crippen molar-refractivity contribution in [1.82, 2.24) is 9.78 Å². The van der Waals surface area contributed by atoms with E-state index in [0.717, 1.165) is 0 Å². The lowest BCUT2D eigenvalue weighted by molar-refractivity contribution is 0.0600. The summed E-state index contributed by atoms with van der Waals surface area (Å²) in [6, 6.07) is 0. The Morgan fingerprint density at radius 1 is 1.73 bits per heavy atom. The molecule has 11 heavy (non-hydrogen) atoms. The minimum absolute atomic E-state index is 0.337. The molecule has 4 heteroatoms. The molecule has 0 atom stereocenters. The molecule has 0 aliphatic rings. The van der Waals surface area contributed by atoms with Gasteiger partial charge in [-0.1, -0.05) is 0 Å². The van der Waals surface area contributed by atoms with Crippen molar-refractivity contribution in [2.75, 3.05) is 7.11 Å². The zero-order chi connectivity index (χ0) is 8.43. The minimum atomic E-state index is -0.337. The number of aromatic nitrogens is 2. The van der Waals surface area contributed by atoms with Crippen molar-refractivity contribution in [1.29, 1.82) is 0 Å². The number of ether oxygens (including phenoxy) is 1. The molecule has 1 rings (SSSR count). The summed E-state index contributed by atoms with van der Waals surface area (Å²) < 4.78 is 6.12.